The molecule has 3 aromatic carbocycles. The van der Waals surface area contributed by atoms with Gasteiger partial charge in [-0.1, -0.05) is 65.2 Å². The number of benzene rings is 3. The number of halogens is 1. The Morgan fingerprint density at radius 3 is 2.32 bits per heavy atom. The molecule has 2 amide bonds. The zero-order valence-corrected chi connectivity index (χ0v) is 26.6. The Kier molecular flexibility index (Phi) is 11.4. The molecule has 0 bridgehead atoms. The molecule has 0 aliphatic heterocycles. The number of amides is 2. The van der Waals surface area contributed by atoms with Crippen LogP contribution >= 0.6 is 15.9 Å². The molecule has 8 nitrogen and oxygen atoms in total. The zero-order chi connectivity index (χ0) is 30.2. The van der Waals surface area contributed by atoms with E-state index >= 15 is 0 Å². The van der Waals surface area contributed by atoms with Gasteiger partial charge < -0.3 is 15.0 Å². The highest BCUT2D eigenvalue weighted by Gasteiger charge is 2.34. The predicted octanol–water partition coefficient (Wildman–Crippen LogP) is 5.60. The molecule has 0 heterocycles. The molecule has 0 radical (unpaired) electrons. The van der Waals surface area contributed by atoms with Crippen LogP contribution in [0.4, 0.5) is 5.69 Å². The van der Waals surface area contributed by atoms with E-state index in [1.165, 1.54) is 24.1 Å². The summed E-state index contributed by atoms with van der Waals surface area (Å²) in [5.74, 6) is -0.520. The Morgan fingerprint density at radius 1 is 1.00 bits per heavy atom. The first-order valence-electron chi connectivity index (χ1n) is 13.5. The quantitative estimate of drug-likeness (QED) is 0.245. The van der Waals surface area contributed by atoms with Crippen molar-refractivity contribution in [1.29, 1.82) is 0 Å². The van der Waals surface area contributed by atoms with Crippen molar-refractivity contribution in [3.63, 3.8) is 0 Å². The van der Waals surface area contributed by atoms with Crippen LogP contribution in [0.25, 0.3) is 0 Å². The first-order chi connectivity index (χ1) is 19.5. The summed E-state index contributed by atoms with van der Waals surface area (Å²) in [5.41, 5.74) is 2.74. The SMILES string of the molecule is CCCCNC(=O)C(C)N(Cc1cccc(Br)c1)C(=O)CN(c1cc(C)ccc1OC)S(=O)(=O)c1ccc(C)cc1. The summed E-state index contributed by atoms with van der Waals surface area (Å²) in [5, 5.41) is 2.89. The Bertz CT molecular complexity index is 1460. The third-order valence-electron chi connectivity index (χ3n) is 6.73. The number of anilines is 1. The molecule has 0 fully saturated rings. The van der Waals surface area contributed by atoms with Gasteiger partial charge in [-0.25, -0.2) is 8.42 Å². The van der Waals surface area contributed by atoms with E-state index in [-0.39, 0.29) is 23.0 Å². The lowest BCUT2D eigenvalue weighted by Gasteiger charge is -2.32. The van der Waals surface area contributed by atoms with Gasteiger partial charge in [-0.05, 0) is 74.7 Å². The number of rotatable bonds is 13. The van der Waals surface area contributed by atoms with Gasteiger partial charge in [-0.15, -0.1) is 0 Å². The Hall–Kier alpha value is -3.37. The van der Waals surface area contributed by atoms with E-state index in [9.17, 15) is 18.0 Å². The molecule has 0 aliphatic rings. The summed E-state index contributed by atoms with van der Waals surface area (Å²) in [6.45, 7) is 7.47. The van der Waals surface area contributed by atoms with Gasteiger partial charge in [0.05, 0.1) is 17.7 Å². The number of methoxy groups -OCH3 is 1. The predicted molar refractivity (Wildman–Crippen MR) is 166 cm³/mol. The Balaban J connectivity index is 2.07. The second-order valence-electron chi connectivity index (χ2n) is 9.97. The molecule has 3 rings (SSSR count). The van der Waals surface area contributed by atoms with E-state index in [2.05, 4.69) is 21.2 Å². The summed E-state index contributed by atoms with van der Waals surface area (Å²) in [7, 11) is -2.74. The van der Waals surface area contributed by atoms with Gasteiger partial charge in [0.1, 0.15) is 18.3 Å². The number of hydrogen-bond donors (Lipinski definition) is 1. The van der Waals surface area contributed by atoms with Crippen LogP contribution in [0.1, 0.15) is 43.4 Å². The number of unbranched alkanes of at least 4 members (excludes halogenated alkanes) is 1. The van der Waals surface area contributed by atoms with Crippen LogP contribution < -0.4 is 14.4 Å². The van der Waals surface area contributed by atoms with Crippen molar-refractivity contribution in [2.45, 2.75) is 58.0 Å². The molecule has 0 aromatic heterocycles. The van der Waals surface area contributed by atoms with Crippen molar-refractivity contribution >= 4 is 43.5 Å². The maximum atomic E-state index is 14.1. The minimum absolute atomic E-state index is 0.0448. The number of carbonyl (C=O) groups is 2. The van der Waals surface area contributed by atoms with Gasteiger partial charge >= 0.3 is 0 Å². The minimum atomic E-state index is -4.19. The third kappa shape index (κ3) is 8.33. The summed E-state index contributed by atoms with van der Waals surface area (Å²) >= 11 is 3.46. The first kappa shape index (κ1) is 32.1. The highest BCUT2D eigenvalue weighted by Crippen LogP contribution is 2.34. The van der Waals surface area contributed by atoms with E-state index in [4.69, 9.17) is 4.74 Å². The maximum absolute atomic E-state index is 14.1. The first-order valence-corrected chi connectivity index (χ1v) is 15.8. The summed E-state index contributed by atoms with van der Waals surface area (Å²) in [6.07, 6.45) is 1.73. The van der Waals surface area contributed by atoms with Gasteiger partial charge in [0.2, 0.25) is 11.8 Å². The zero-order valence-electron chi connectivity index (χ0n) is 24.2. The number of nitrogens with one attached hydrogen (secondary N) is 1. The summed E-state index contributed by atoms with van der Waals surface area (Å²) in [4.78, 5) is 28.7. The molecule has 1 N–H and O–H groups in total. The fourth-order valence-corrected chi connectivity index (χ4v) is 6.16. The van der Waals surface area contributed by atoms with Crippen LogP contribution in [0.5, 0.6) is 5.75 Å². The molecule has 41 heavy (non-hydrogen) atoms. The van der Waals surface area contributed by atoms with Crippen molar-refractivity contribution < 1.29 is 22.7 Å². The fraction of sp³-hybridized carbons (Fsp3) is 0.355. The summed E-state index contributed by atoms with van der Waals surface area (Å²) in [6, 6.07) is 18.2. The number of aryl methyl sites for hydroxylation is 2. The van der Waals surface area contributed by atoms with Crippen LogP contribution in [-0.4, -0.2) is 51.4 Å². The van der Waals surface area contributed by atoms with Crippen LogP contribution in [0.2, 0.25) is 0 Å². The fourth-order valence-electron chi connectivity index (χ4n) is 4.30. The number of hydrogen-bond acceptors (Lipinski definition) is 5. The van der Waals surface area contributed by atoms with Gasteiger partial charge in [-0.2, -0.15) is 0 Å². The van der Waals surface area contributed by atoms with E-state index in [0.717, 1.165) is 38.3 Å². The smallest absolute Gasteiger partial charge is 0.264 e. The van der Waals surface area contributed by atoms with E-state index in [0.29, 0.717) is 12.3 Å². The van der Waals surface area contributed by atoms with E-state index < -0.39 is 28.5 Å². The lowest BCUT2D eigenvalue weighted by Crippen LogP contribution is -2.51. The van der Waals surface area contributed by atoms with E-state index in [1.807, 2.05) is 51.1 Å². The molecule has 10 heteroatoms. The molecule has 1 atom stereocenters. The van der Waals surface area contributed by atoms with Gasteiger partial charge in [0, 0.05) is 17.6 Å². The Morgan fingerprint density at radius 2 is 1.68 bits per heavy atom. The minimum Gasteiger partial charge on any atom is -0.495 e. The topological polar surface area (TPSA) is 96.0 Å². The standard InChI is InChI=1S/C31H38BrN3O5S/c1-6-7-17-33-31(37)24(4)34(20-25-9-8-10-26(32)19-25)30(36)21-35(28-18-23(3)13-16-29(28)40-5)41(38,39)27-14-11-22(2)12-15-27/h8-16,18-19,24H,6-7,17,20-21H2,1-5H3,(H,33,37). The van der Waals surface area contributed by atoms with Crippen LogP contribution in [0.3, 0.4) is 0 Å². The molecular weight excluding hydrogens is 606 g/mol. The number of sulfonamides is 1. The monoisotopic (exact) mass is 643 g/mol. The number of ether oxygens (including phenoxy) is 1. The lowest BCUT2D eigenvalue weighted by atomic mass is 10.1. The highest BCUT2D eigenvalue weighted by atomic mass is 79.9. The molecule has 0 aliphatic carbocycles. The lowest BCUT2D eigenvalue weighted by molar-refractivity contribution is -0.139. The van der Waals surface area contributed by atoms with Gasteiger partial charge in [-0.3, -0.25) is 13.9 Å². The van der Waals surface area contributed by atoms with Crippen LogP contribution in [0, 0.1) is 13.8 Å². The van der Waals surface area contributed by atoms with Crippen molar-refractivity contribution in [1.82, 2.24) is 10.2 Å². The molecule has 0 spiro atoms. The second kappa shape index (κ2) is 14.5. The van der Waals surface area contributed by atoms with Gasteiger partial charge in [0.15, 0.2) is 0 Å². The largest absolute Gasteiger partial charge is 0.495 e. The van der Waals surface area contributed by atoms with Crippen molar-refractivity contribution in [2.24, 2.45) is 0 Å². The molecule has 0 saturated heterocycles. The molecular formula is C31H38BrN3O5S. The Labute approximate surface area is 251 Å². The van der Waals surface area contributed by atoms with Crippen molar-refractivity contribution in [3.05, 3.63) is 87.9 Å². The van der Waals surface area contributed by atoms with Crippen LogP contribution in [-0.2, 0) is 26.2 Å². The molecule has 1 unspecified atom stereocenters. The molecule has 220 valence electrons. The molecule has 3 aromatic rings. The van der Waals surface area contributed by atoms with E-state index in [1.54, 1.807) is 31.2 Å². The molecule has 0 saturated carbocycles. The number of nitrogens with zero attached hydrogens (tertiary/aromatic N) is 2. The second-order valence-corrected chi connectivity index (χ2v) is 12.8. The normalized spacial score (nSPS) is 12.0. The highest BCUT2D eigenvalue weighted by molar-refractivity contribution is 9.10. The van der Waals surface area contributed by atoms with Crippen molar-refractivity contribution in [2.75, 3.05) is 24.5 Å². The summed E-state index contributed by atoms with van der Waals surface area (Å²) < 4.78 is 35.6. The average molecular weight is 645 g/mol. The van der Waals surface area contributed by atoms with Crippen molar-refractivity contribution in [3.8, 4) is 5.75 Å². The third-order valence-corrected chi connectivity index (χ3v) is 9.00. The maximum Gasteiger partial charge on any atom is 0.264 e. The average Bonchev–Trinajstić information content (AvgIpc) is 2.94. The van der Waals surface area contributed by atoms with Crippen LogP contribution in [0.15, 0.2) is 76.1 Å². The van der Waals surface area contributed by atoms with Gasteiger partial charge in [0.25, 0.3) is 10.0 Å². The number of carbonyl (C=O) groups excluding carboxylic acids is 2.